The molecule has 0 aliphatic heterocycles. The van der Waals surface area contributed by atoms with Gasteiger partial charge in [0.25, 0.3) is 0 Å². The number of ether oxygens (including phenoxy) is 1. The van der Waals surface area contributed by atoms with Crippen molar-refractivity contribution in [2.75, 3.05) is 0 Å². The normalized spacial score (nSPS) is 12.6. The maximum Gasteiger partial charge on any atom is 0.197 e. The Morgan fingerprint density at radius 3 is 2.50 bits per heavy atom. The third kappa shape index (κ3) is 2.83. The quantitative estimate of drug-likeness (QED) is 0.810. The molecule has 3 heteroatoms. The summed E-state index contributed by atoms with van der Waals surface area (Å²) in [6.07, 6.45) is -0.109. The molecular weight excluding hydrogens is 220 g/mol. The zero-order valence-electron chi connectivity index (χ0n) is 6.83. The first-order chi connectivity index (χ1) is 5.72. The van der Waals surface area contributed by atoms with E-state index < -0.39 is 6.29 Å². The lowest BCUT2D eigenvalue weighted by molar-refractivity contribution is -0.0191. The van der Waals surface area contributed by atoms with Crippen LogP contribution in [0, 0.1) is 0 Å². The van der Waals surface area contributed by atoms with Crippen molar-refractivity contribution in [3.05, 3.63) is 28.7 Å². The highest BCUT2D eigenvalue weighted by Crippen LogP contribution is 2.17. The molecule has 0 bridgehead atoms. The van der Waals surface area contributed by atoms with Crippen LogP contribution in [-0.2, 0) is 0 Å². The molecule has 1 aromatic carbocycles. The molecule has 0 heterocycles. The zero-order chi connectivity index (χ0) is 8.97. The highest BCUT2D eigenvalue weighted by Gasteiger charge is 2.00. The van der Waals surface area contributed by atoms with E-state index in [0.717, 1.165) is 4.47 Å². The first kappa shape index (κ1) is 9.55. The van der Waals surface area contributed by atoms with E-state index in [-0.39, 0.29) is 0 Å². The van der Waals surface area contributed by atoms with Crippen LogP contribution in [-0.4, -0.2) is 11.4 Å². The van der Waals surface area contributed by atoms with E-state index in [4.69, 9.17) is 9.84 Å². The first-order valence-electron chi connectivity index (χ1n) is 3.82. The summed E-state index contributed by atoms with van der Waals surface area (Å²) in [6, 6.07) is 7.36. The molecule has 0 saturated carbocycles. The van der Waals surface area contributed by atoms with Gasteiger partial charge in [-0.25, -0.2) is 0 Å². The second kappa shape index (κ2) is 4.48. The van der Waals surface area contributed by atoms with Gasteiger partial charge in [0, 0.05) is 10.9 Å². The summed E-state index contributed by atoms with van der Waals surface area (Å²) >= 11 is 3.31. The maximum absolute atomic E-state index is 9.15. The van der Waals surface area contributed by atoms with Gasteiger partial charge in [0.05, 0.1) is 0 Å². The molecule has 0 amide bonds. The molecule has 1 unspecified atom stereocenters. The van der Waals surface area contributed by atoms with Gasteiger partial charge in [0.1, 0.15) is 5.75 Å². The second-order valence-electron chi connectivity index (χ2n) is 2.43. The van der Waals surface area contributed by atoms with Gasteiger partial charge in [-0.15, -0.1) is 0 Å². The maximum atomic E-state index is 9.15. The average molecular weight is 231 g/mol. The summed E-state index contributed by atoms with van der Waals surface area (Å²) in [7, 11) is 0. The predicted octanol–water partition coefficient (Wildman–Crippen LogP) is 2.56. The summed E-state index contributed by atoms with van der Waals surface area (Å²) in [5.74, 6) is 0.688. The van der Waals surface area contributed by atoms with Crippen LogP contribution in [0.2, 0.25) is 0 Å². The molecule has 1 rings (SSSR count). The van der Waals surface area contributed by atoms with E-state index in [0.29, 0.717) is 12.2 Å². The van der Waals surface area contributed by atoms with Crippen LogP contribution < -0.4 is 4.74 Å². The summed E-state index contributed by atoms with van der Waals surface area (Å²) in [4.78, 5) is 0. The first-order valence-corrected chi connectivity index (χ1v) is 4.62. The van der Waals surface area contributed by atoms with E-state index in [9.17, 15) is 0 Å². The van der Waals surface area contributed by atoms with E-state index >= 15 is 0 Å². The topological polar surface area (TPSA) is 29.5 Å². The van der Waals surface area contributed by atoms with Crippen molar-refractivity contribution < 1.29 is 9.84 Å². The molecule has 1 atom stereocenters. The Balaban J connectivity index is 2.58. The van der Waals surface area contributed by atoms with Gasteiger partial charge in [-0.05, 0) is 24.3 Å². The van der Waals surface area contributed by atoms with Crippen LogP contribution in [0.3, 0.4) is 0 Å². The Morgan fingerprint density at radius 1 is 1.42 bits per heavy atom. The van der Waals surface area contributed by atoms with Crippen molar-refractivity contribution in [3.63, 3.8) is 0 Å². The summed E-state index contributed by atoms with van der Waals surface area (Å²) in [5, 5.41) is 9.15. The van der Waals surface area contributed by atoms with Gasteiger partial charge in [-0.2, -0.15) is 0 Å². The summed E-state index contributed by atoms with van der Waals surface area (Å²) in [5.41, 5.74) is 0. The van der Waals surface area contributed by atoms with E-state index in [1.807, 2.05) is 31.2 Å². The fraction of sp³-hybridized carbons (Fsp3) is 0.333. The molecule has 66 valence electrons. The number of aliphatic hydroxyl groups is 1. The molecule has 0 radical (unpaired) electrons. The number of rotatable bonds is 3. The Kier molecular flexibility index (Phi) is 3.56. The lowest BCUT2D eigenvalue weighted by atomic mass is 10.3. The number of benzene rings is 1. The van der Waals surface area contributed by atoms with Crippen molar-refractivity contribution in [3.8, 4) is 5.75 Å². The smallest absolute Gasteiger partial charge is 0.197 e. The van der Waals surface area contributed by atoms with Gasteiger partial charge in [0.2, 0.25) is 0 Å². The third-order valence-corrected chi connectivity index (χ3v) is 1.96. The van der Waals surface area contributed by atoms with Gasteiger partial charge < -0.3 is 9.84 Å². The Morgan fingerprint density at radius 2 is 2.00 bits per heavy atom. The number of aliphatic hydroxyl groups excluding tert-OH is 1. The fourth-order valence-corrected chi connectivity index (χ4v) is 1.02. The predicted molar refractivity (Wildman–Crippen MR) is 51.1 cm³/mol. The van der Waals surface area contributed by atoms with E-state index in [1.165, 1.54) is 0 Å². The Hall–Kier alpha value is -0.540. The highest BCUT2D eigenvalue weighted by atomic mass is 79.9. The van der Waals surface area contributed by atoms with E-state index in [1.54, 1.807) is 0 Å². The monoisotopic (exact) mass is 230 g/mol. The van der Waals surface area contributed by atoms with E-state index in [2.05, 4.69) is 15.9 Å². The van der Waals surface area contributed by atoms with Crippen molar-refractivity contribution in [2.24, 2.45) is 0 Å². The van der Waals surface area contributed by atoms with Crippen LogP contribution in [0.5, 0.6) is 5.75 Å². The molecule has 12 heavy (non-hydrogen) atoms. The second-order valence-corrected chi connectivity index (χ2v) is 3.35. The minimum absolute atomic E-state index is 0.593. The van der Waals surface area contributed by atoms with Crippen LogP contribution >= 0.6 is 15.9 Å². The average Bonchev–Trinajstić information content (AvgIpc) is 2.09. The number of hydrogen-bond donors (Lipinski definition) is 1. The molecule has 0 spiro atoms. The Labute approximate surface area is 80.3 Å². The Bertz CT molecular complexity index is 233. The highest BCUT2D eigenvalue weighted by molar-refractivity contribution is 9.10. The SMILES string of the molecule is CCC(O)Oc1ccc(Br)cc1. The van der Waals surface area contributed by atoms with Crippen molar-refractivity contribution in [1.29, 1.82) is 0 Å². The molecule has 1 aromatic rings. The third-order valence-electron chi connectivity index (χ3n) is 1.43. The minimum atomic E-state index is -0.703. The largest absolute Gasteiger partial charge is 0.465 e. The van der Waals surface area contributed by atoms with Crippen molar-refractivity contribution in [2.45, 2.75) is 19.6 Å². The van der Waals surface area contributed by atoms with Crippen molar-refractivity contribution in [1.82, 2.24) is 0 Å². The molecule has 0 saturated heterocycles. The standard InChI is InChI=1S/C9H11BrO2/c1-2-9(11)12-8-5-3-7(10)4-6-8/h3-6,9,11H,2H2,1H3. The van der Waals surface area contributed by atoms with Crippen LogP contribution in [0.25, 0.3) is 0 Å². The van der Waals surface area contributed by atoms with Crippen LogP contribution in [0.15, 0.2) is 28.7 Å². The van der Waals surface area contributed by atoms with Crippen molar-refractivity contribution >= 4 is 15.9 Å². The summed E-state index contributed by atoms with van der Waals surface area (Å²) in [6.45, 7) is 1.86. The number of halogens is 1. The van der Waals surface area contributed by atoms with Gasteiger partial charge in [-0.1, -0.05) is 22.9 Å². The molecule has 2 nitrogen and oxygen atoms in total. The van der Waals surface area contributed by atoms with Gasteiger partial charge in [-0.3, -0.25) is 0 Å². The lowest BCUT2D eigenvalue weighted by Gasteiger charge is -2.10. The van der Waals surface area contributed by atoms with Gasteiger partial charge in [0.15, 0.2) is 6.29 Å². The number of hydrogen-bond acceptors (Lipinski definition) is 2. The molecular formula is C9H11BrO2. The molecule has 0 aliphatic rings. The van der Waals surface area contributed by atoms with Crippen LogP contribution in [0.1, 0.15) is 13.3 Å². The zero-order valence-corrected chi connectivity index (χ0v) is 8.41. The molecule has 0 fully saturated rings. The minimum Gasteiger partial charge on any atom is -0.465 e. The molecule has 1 N–H and O–H groups in total. The van der Waals surface area contributed by atoms with Crippen LogP contribution in [0.4, 0.5) is 0 Å². The molecule has 0 aliphatic carbocycles. The molecule has 0 aromatic heterocycles. The van der Waals surface area contributed by atoms with Gasteiger partial charge >= 0.3 is 0 Å². The fourth-order valence-electron chi connectivity index (χ4n) is 0.754. The summed E-state index contributed by atoms with van der Waals surface area (Å²) < 4.78 is 6.15. The lowest BCUT2D eigenvalue weighted by Crippen LogP contribution is -2.13.